The molecule has 0 bridgehead atoms. The van der Waals surface area contributed by atoms with Gasteiger partial charge in [-0.3, -0.25) is 0 Å². The standard InChI is InChI=1S/C8H14O3/c1-5(2)4-6-7(11-6)8(9)10-3/h5-7H,4H2,1-3H3. The average Bonchev–Trinajstić information content (AvgIpc) is 2.65. The van der Waals surface area contributed by atoms with Gasteiger partial charge >= 0.3 is 5.97 Å². The van der Waals surface area contributed by atoms with E-state index in [0.717, 1.165) is 6.42 Å². The van der Waals surface area contributed by atoms with Crippen molar-refractivity contribution >= 4 is 5.97 Å². The first kappa shape index (κ1) is 8.53. The van der Waals surface area contributed by atoms with E-state index in [9.17, 15) is 4.79 Å². The van der Waals surface area contributed by atoms with Gasteiger partial charge in [0.2, 0.25) is 0 Å². The molecular formula is C8H14O3. The zero-order valence-corrected chi connectivity index (χ0v) is 7.16. The van der Waals surface area contributed by atoms with Gasteiger partial charge in [0.1, 0.15) is 0 Å². The van der Waals surface area contributed by atoms with Gasteiger partial charge in [-0.2, -0.15) is 0 Å². The van der Waals surface area contributed by atoms with Crippen molar-refractivity contribution in [2.45, 2.75) is 32.5 Å². The number of hydrogen-bond acceptors (Lipinski definition) is 3. The Hall–Kier alpha value is -0.570. The maximum absolute atomic E-state index is 10.8. The van der Waals surface area contributed by atoms with Gasteiger partial charge < -0.3 is 9.47 Å². The Morgan fingerprint density at radius 1 is 1.64 bits per heavy atom. The van der Waals surface area contributed by atoms with E-state index in [-0.39, 0.29) is 18.2 Å². The lowest BCUT2D eigenvalue weighted by atomic mass is 10.1. The largest absolute Gasteiger partial charge is 0.467 e. The van der Waals surface area contributed by atoms with Crippen LogP contribution in [0.5, 0.6) is 0 Å². The molecule has 3 nitrogen and oxygen atoms in total. The lowest BCUT2D eigenvalue weighted by Crippen LogP contribution is -2.12. The van der Waals surface area contributed by atoms with Crippen LogP contribution in [0.15, 0.2) is 0 Å². The van der Waals surface area contributed by atoms with E-state index in [2.05, 4.69) is 18.6 Å². The van der Waals surface area contributed by atoms with Crippen molar-refractivity contribution in [2.24, 2.45) is 5.92 Å². The molecule has 2 atom stereocenters. The number of carbonyl (C=O) groups is 1. The summed E-state index contributed by atoms with van der Waals surface area (Å²) in [6.07, 6.45) is 0.782. The maximum atomic E-state index is 10.8. The van der Waals surface area contributed by atoms with Gasteiger partial charge in [0.05, 0.1) is 13.2 Å². The van der Waals surface area contributed by atoms with E-state index in [0.29, 0.717) is 5.92 Å². The second kappa shape index (κ2) is 3.22. The van der Waals surface area contributed by atoms with Crippen LogP contribution in [0.4, 0.5) is 0 Å². The van der Waals surface area contributed by atoms with E-state index in [1.165, 1.54) is 7.11 Å². The van der Waals surface area contributed by atoms with Gasteiger partial charge in [-0.05, 0) is 12.3 Å². The summed E-state index contributed by atoms with van der Waals surface area (Å²) in [6, 6.07) is 0. The van der Waals surface area contributed by atoms with Gasteiger partial charge in [-0.25, -0.2) is 4.79 Å². The second-order valence-electron chi connectivity index (χ2n) is 3.25. The molecule has 1 fully saturated rings. The average molecular weight is 158 g/mol. The van der Waals surface area contributed by atoms with Crippen LogP contribution < -0.4 is 0 Å². The lowest BCUT2D eigenvalue weighted by molar-refractivity contribution is -0.142. The summed E-state index contributed by atoms with van der Waals surface area (Å²) in [5.41, 5.74) is 0. The summed E-state index contributed by atoms with van der Waals surface area (Å²) in [7, 11) is 1.39. The number of rotatable bonds is 3. The molecule has 1 rings (SSSR count). The molecule has 0 radical (unpaired) electrons. The lowest BCUT2D eigenvalue weighted by Gasteiger charge is -1.98. The minimum atomic E-state index is -0.276. The molecular weight excluding hydrogens is 144 g/mol. The minimum Gasteiger partial charge on any atom is -0.467 e. The first-order valence-electron chi connectivity index (χ1n) is 3.88. The fraction of sp³-hybridized carbons (Fsp3) is 0.875. The van der Waals surface area contributed by atoms with Crippen LogP contribution in [-0.4, -0.2) is 25.3 Å². The van der Waals surface area contributed by atoms with Crippen molar-refractivity contribution in [2.75, 3.05) is 7.11 Å². The van der Waals surface area contributed by atoms with E-state index in [4.69, 9.17) is 4.74 Å². The van der Waals surface area contributed by atoms with Gasteiger partial charge in [0, 0.05) is 0 Å². The number of ether oxygens (including phenoxy) is 2. The monoisotopic (exact) mass is 158 g/mol. The first-order valence-corrected chi connectivity index (χ1v) is 3.88. The molecule has 2 unspecified atom stereocenters. The number of esters is 1. The van der Waals surface area contributed by atoms with Crippen molar-refractivity contribution < 1.29 is 14.3 Å². The van der Waals surface area contributed by atoms with Crippen LogP contribution in [0.25, 0.3) is 0 Å². The molecule has 1 heterocycles. The van der Waals surface area contributed by atoms with Crippen LogP contribution >= 0.6 is 0 Å². The molecule has 0 aromatic rings. The van der Waals surface area contributed by atoms with E-state index >= 15 is 0 Å². The third-order valence-electron chi connectivity index (χ3n) is 1.72. The Balaban J connectivity index is 2.21. The Morgan fingerprint density at radius 2 is 2.27 bits per heavy atom. The molecule has 0 aliphatic carbocycles. The number of carbonyl (C=O) groups excluding carboxylic acids is 1. The fourth-order valence-corrected chi connectivity index (χ4v) is 1.11. The van der Waals surface area contributed by atoms with Crippen molar-refractivity contribution in [3.05, 3.63) is 0 Å². The third kappa shape index (κ3) is 2.19. The predicted octanol–water partition coefficient (Wildman–Crippen LogP) is 0.973. The first-order chi connectivity index (χ1) is 5.15. The molecule has 64 valence electrons. The molecule has 0 N–H and O–H groups in total. The number of hydrogen-bond donors (Lipinski definition) is 0. The molecule has 0 spiro atoms. The highest BCUT2D eigenvalue weighted by molar-refractivity contribution is 5.77. The van der Waals surface area contributed by atoms with Gasteiger partial charge in [-0.15, -0.1) is 0 Å². The summed E-state index contributed by atoms with van der Waals surface area (Å²) < 4.78 is 9.63. The molecule has 1 aliphatic heterocycles. The number of epoxide rings is 1. The molecule has 0 aromatic heterocycles. The second-order valence-corrected chi connectivity index (χ2v) is 3.25. The highest BCUT2D eigenvalue weighted by Gasteiger charge is 2.45. The molecule has 1 saturated heterocycles. The summed E-state index contributed by atoms with van der Waals surface area (Å²) >= 11 is 0. The van der Waals surface area contributed by atoms with E-state index in [1.807, 2.05) is 0 Å². The van der Waals surface area contributed by atoms with Crippen molar-refractivity contribution in [1.82, 2.24) is 0 Å². The van der Waals surface area contributed by atoms with Crippen LogP contribution in [-0.2, 0) is 14.3 Å². The minimum absolute atomic E-state index is 0.113. The SMILES string of the molecule is COC(=O)C1OC1CC(C)C. The molecule has 1 aliphatic rings. The summed E-state index contributed by atoms with van der Waals surface area (Å²) in [6.45, 7) is 4.21. The van der Waals surface area contributed by atoms with E-state index in [1.54, 1.807) is 0 Å². The zero-order chi connectivity index (χ0) is 8.43. The Kier molecular flexibility index (Phi) is 2.49. The smallest absolute Gasteiger partial charge is 0.337 e. The van der Waals surface area contributed by atoms with Crippen molar-refractivity contribution in [1.29, 1.82) is 0 Å². The molecule has 0 saturated carbocycles. The highest BCUT2D eigenvalue weighted by atomic mass is 16.6. The summed E-state index contributed by atoms with van der Waals surface area (Å²) in [4.78, 5) is 10.8. The summed E-state index contributed by atoms with van der Waals surface area (Å²) in [5, 5.41) is 0. The van der Waals surface area contributed by atoms with Crippen LogP contribution in [0.1, 0.15) is 20.3 Å². The van der Waals surface area contributed by atoms with Crippen LogP contribution in [0, 0.1) is 5.92 Å². The molecule has 0 aromatic carbocycles. The van der Waals surface area contributed by atoms with Gasteiger partial charge in [0.25, 0.3) is 0 Å². The van der Waals surface area contributed by atoms with Crippen molar-refractivity contribution in [3.8, 4) is 0 Å². The van der Waals surface area contributed by atoms with Crippen LogP contribution in [0.2, 0.25) is 0 Å². The van der Waals surface area contributed by atoms with Gasteiger partial charge in [-0.1, -0.05) is 13.8 Å². The molecule has 3 heteroatoms. The summed E-state index contributed by atoms with van der Waals surface area (Å²) in [5.74, 6) is 0.338. The Bertz CT molecular complexity index is 153. The zero-order valence-electron chi connectivity index (χ0n) is 7.16. The fourth-order valence-electron chi connectivity index (χ4n) is 1.11. The Labute approximate surface area is 66.7 Å². The molecule has 0 amide bonds. The molecule has 11 heavy (non-hydrogen) atoms. The van der Waals surface area contributed by atoms with E-state index < -0.39 is 0 Å². The third-order valence-corrected chi connectivity index (χ3v) is 1.72. The predicted molar refractivity (Wildman–Crippen MR) is 40.1 cm³/mol. The van der Waals surface area contributed by atoms with Crippen molar-refractivity contribution in [3.63, 3.8) is 0 Å². The van der Waals surface area contributed by atoms with Gasteiger partial charge in [0.15, 0.2) is 6.10 Å². The quantitative estimate of drug-likeness (QED) is 0.454. The Morgan fingerprint density at radius 3 is 2.73 bits per heavy atom. The highest BCUT2D eigenvalue weighted by Crippen LogP contribution is 2.28. The normalized spacial score (nSPS) is 28.7. The topological polar surface area (TPSA) is 38.8 Å². The van der Waals surface area contributed by atoms with Crippen LogP contribution in [0.3, 0.4) is 0 Å². The maximum Gasteiger partial charge on any atom is 0.337 e. The number of methoxy groups -OCH3 is 1.